The molecule has 5 N–H and O–H groups in total. The van der Waals surface area contributed by atoms with Crippen molar-refractivity contribution in [1.29, 1.82) is 0 Å². The Bertz CT molecular complexity index is 1320. The van der Waals surface area contributed by atoms with Gasteiger partial charge in [-0.25, -0.2) is 0 Å². The van der Waals surface area contributed by atoms with Gasteiger partial charge < -0.3 is 16.0 Å². The smallest absolute Gasteiger partial charge is 0.0944 e. The summed E-state index contributed by atoms with van der Waals surface area (Å²) in [4.78, 5) is 8.07. The van der Waals surface area contributed by atoms with Crippen molar-refractivity contribution in [3.8, 4) is 22.5 Å². The lowest BCUT2D eigenvalue weighted by molar-refractivity contribution is 0.699. The Kier molecular flexibility index (Phi) is 5.44. The van der Waals surface area contributed by atoms with E-state index in [1.54, 1.807) is 0 Å². The van der Waals surface area contributed by atoms with Crippen molar-refractivity contribution in [2.45, 2.75) is 19.4 Å². The van der Waals surface area contributed by atoms with E-state index in [2.05, 4.69) is 56.9 Å². The first-order valence-corrected chi connectivity index (χ1v) is 10.8. The van der Waals surface area contributed by atoms with Crippen LogP contribution in [0.4, 0.5) is 5.69 Å². The fourth-order valence-electron chi connectivity index (χ4n) is 4.02. The van der Waals surface area contributed by atoms with Crippen LogP contribution in [-0.4, -0.2) is 32.8 Å². The number of pyridine rings is 1. The SMILES string of the molecule is Cc1n[nH]c2ccc(-c3cc(NC[C@H](N)Cc4ccccc4)cnc3-c3ccc[nH]3)cc12. The number of rotatable bonds is 7. The number of nitrogens with two attached hydrogens (primary N) is 1. The predicted molar refractivity (Wildman–Crippen MR) is 130 cm³/mol. The number of hydrogen-bond acceptors (Lipinski definition) is 4. The van der Waals surface area contributed by atoms with Crippen molar-refractivity contribution < 1.29 is 0 Å². The van der Waals surface area contributed by atoms with Gasteiger partial charge in [-0.3, -0.25) is 10.1 Å². The second-order valence-electron chi connectivity index (χ2n) is 8.10. The molecule has 0 amide bonds. The second-order valence-corrected chi connectivity index (χ2v) is 8.10. The van der Waals surface area contributed by atoms with Gasteiger partial charge in [0.2, 0.25) is 0 Å². The molecule has 0 fully saturated rings. The molecule has 160 valence electrons. The third-order valence-electron chi connectivity index (χ3n) is 5.71. The van der Waals surface area contributed by atoms with E-state index in [0.717, 1.165) is 51.2 Å². The predicted octanol–water partition coefficient (Wildman–Crippen LogP) is 4.91. The van der Waals surface area contributed by atoms with Gasteiger partial charge in [-0.1, -0.05) is 36.4 Å². The zero-order valence-electron chi connectivity index (χ0n) is 18.0. The van der Waals surface area contributed by atoms with Crippen molar-refractivity contribution in [2.75, 3.05) is 11.9 Å². The standard InChI is InChI=1S/C26H26N6/c1-17-22-13-19(9-10-24(22)32-31-17)23-14-21(16-30-26(23)25-8-5-11-28-25)29-15-20(27)12-18-6-3-2-4-7-18/h2-11,13-14,16,20,28-29H,12,15,27H2,1H3,(H,31,32)/t20-/m1/s1. The molecular formula is C26H26N6. The molecule has 1 atom stereocenters. The molecule has 32 heavy (non-hydrogen) atoms. The monoisotopic (exact) mass is 422 g/mol. The summed E-state index contributed by atoms with van der Waals surface area (Å²) in [5.74, 6) is 0. The van der Waals surface area contributed by atoms with E-state index in [-0.39, 0.29) is 6.04 Å². The normalized spacial score (nSPS) is 12.2. The summed E-state index contributed by atoms with van der Waals surface area (Å²) in [5, 5.41) is 12.0. The van der Waals surface area contributed by atoms with Crippen LogP contribution in [0.5, 0.6) is 0 Å². The Morgan fingerprint density at radius 3 is 2.72 bits per heavy atom. The number of benzene rings is 2. The molecule has 2 aromatic carbocycles. The quantitative estimate of drug-likeness (QED) is 0.300. The molecule has 0 unspecified atom stereocenters. The van der Waals surface area contributed by atoms with Gasteiger partial charge in [0.15, 0.2) is 0 Å². The molecular weight excluding hydrogens is 396 g/mol. The fourth-order valence-corrected chi connectivity index (χ4v) is 4.02. The first-order valence-electron chi connectivity index (χ1n) is 10.8. The number of aryl methyl sites for hydroxylation is 1. The van der Waals surface area contributed by atoms with E-state index in [4.69, 9.17) is 10.7 Å². The molecule has 6 nitrogen and oxygen atoms in total. The molecule has 5 rings (SSSR count). The van der Waals surface area contributed by atoms with Crippen LogP contribution in [0.3, 0.4) is 0 Å². The summed E-state index contributed by atoms with van der Waals surface area (Å²) < 4.78 is 0. The maximum atomic E-state index is 6.38. The Hall–Kier alpha value is -3.90. The van der Waals surface area contributed by atoms with Crippen LogP contribution >= 0.6 is 0 Å². The van der Waals surface area contributed by atoms with Gasteiger partial charge >= 0.3 is 0 Å². The van der Waals surface area contributed by atoms with Gasteiger partial charge in [-0.05, 0) is 54.8 Å². The average molecular weight is 423 g/mol. The number of aromatic amines is 2. The molecule has 0 bridgehead atoms. The van der Waals surface area contributed by atoms with Crippen molar-refractivity contribution in [3.63, 3.8) is 0 Å². The highest BCUT2D eigenvalue weighted by atomic mass is 15.1. The zero-order valence-corrected chi connectivity index (χ0v) is 18.0. The maximum absolute atomic E-state index is 6.38. The Morgan fingerprint density at radius 1 is 1.03 bits per heavy atom. The van der Waals surface area contributed by atoms with Crippen LogP contribution in [0.2, 0.25) is 0 Å². The summed E-state index contributed by atoms with van der Waals surface area (Å²) in [6, 6.07) is 22.9. The second kappa shape index (κ2) is 8.69. The summed E-state index contributed by atoms with van der Waals surface area (Å²) in [6.45, 7) is 2.68. The van der Waals surface area contributed by atoms with Crippen molar-refractivity contribution >= 4 is 16.6 Å². The van der Waals surface area contributed by atoms with Crippen LogP contribution in [0.1, 0.15) is 11.3 Å². The fraction of sp³-hybridized carbons (Fsp3) is 0.154. The number of nitrogens with one attached hydrogen (secondary N) is 3. The molecule has 0 radical (unpaired) electrons. The Balaban J connectivity index is 1.44. The van der Waals surface area contributed by atoms with Gasteiger partial charge in [0.05, 0.1) is 34.5 Å². The molecule has 0 aliphatic rings. The van der Waals surface area contributed by atoms with Crippen LogP contribution in [0.25, 0.3) is 33.4 Å². The number of nitrogens with zero attached hydrogens (tertiary/aromatic N) is 2. The number of hydrogen-bond donors (Lipinski definition) is 4. The van der Waals surface area contributed by atoms with E-state index in [0.29, 0.717) is 6.54 Å². The van der Waals surface area contributed by atoms with Gasteiger partial charge in [0.25, 0.3) is 0 Å². The lowest BCUT2D eigenvalue weighted by Gasteiger charge is -2.16. The molecule has 5 aromatic rings. The van der Waals surface area contributed by atoms with E-state index in [1.165, 1.54) is 5.56 Å². The van der Waals surface area contributed by atoms with Gasteiger partial charge in [-0.2, -0.15) is 5.10 Å². The largest absolute Gasteiger partial charge is 0.382 e. The lowest BCUT2D eigenvalue weighted by atomic mass is 9.99. The Morgan fingerprint density at radius 2 is 1.91 bits per heavy atom. The Labute approximate surface area is 186 Å². The van der Waals surface area contributed by atoms with Crippen molar-refractivity contribution in [2.24, 2.45) is 5.73 Å². The molecule has 3 heterocycles. The third-order valence-corrected chi connectivity index (χ3v) is 5.71. The van der Waals surface area contributed by atoms with Gasteiger partial charge in [0.1, 0.15) is 0 Å². The summed E-state index contributed by atoms with van der Waals surface area (Å²) in [6.07, 6.45) is 4.61. The first-order chi connectivity index (χ1) is 15.7. The van der Waals surface area contributed by atoms with E-state index >= 15 is 0 Å². The van der Waals surface area contributed by atoms with Crippen molar-refractivity contribution in [1.82, 2.24) is 20.2 Å². The minimum atomic E-state index is 0.00821. The van der Waals surface area contributed by atoms with Crippen LogP contribution < -0.4 is 11.1 Å². The molecule has 0 spiro atoms. The first kappa shape index (κ1) is 20.0. The van der Waals surface area contributed by atoms with Gasteiger partial charge in [0, 0.05) is 29.7 Å². The highest BCUT2D eigenvalue weighted by Gasteiger charge is 2.13. The highest BCUT2D eigenvalue weighted by Crippen LogP contribution is 2.33. The van der Waals surface area contributed by atoms with E-state index < -0.39 is 0 Å². The van der Waals surface area contributed by atoms with Crippen LogP contribution in [-0.2, 0) is 6.42 Å². The molecule has 0 aliphatic heterocycles. The van der Waals surface area contributed by atoms with Gasteiger partial charge in [-0.15, -0.1) is 0 Å². The minimum Gasteiger partial charge on any atom is -0.382 e. The number of fused-ring (bicyclic) bond motifs is 1. The molecule has 3 aromatic heterocycles. The molecule has 0 saturated heterocycles. The van der Waals surface area contributed by atoms with Crippen LogP contribution in [0.15, 0.2) is 79.1 Å². The topological polar surface area (TPSA) is 95.4 Å². The number of anilines is 1. The number of aromatic nitrogens is 4. The average Bonchev–Trinajstić information content (AvgIpc) is 3.48. The molecule has 0 saturated carbocycles. The number of H-pyrrole nitrogens is 2. The lowest BCUT2D eigenvalue weighted by Crippen LogP contribution is -2.31. The van der Waals surface area contributed by atoms with E-state index in [9.17, 15) is 0 Å². The molecule has 0 aliphatic carbocycles. The summed E-state index contributed by atoms with van der Waals surface area (Å²) >= 11 is 0. The zero-order chi connectivity index (χ0) is 21.9. The van der Waals surface area contributed by atoms with Crippen LogP contribution in [0, 0.1) is 6.92 Å². The third kappa shape index (κ3) is 4.13. The summed E-state index contributed by atoms with van der Waals surface area (Å²) in [5.41, 5.74) is 14.6. The summed E-state index contributed by atoms with van der Waals surface area (Å²) in [7, 11) is 0. The van der Waals surface area contributed by atoms with Crippen molar-refractivity contribution in [3.05, 3.63) is 90.4 Å². The minimum absolute atomic E-state index is 0.00821. The maximum Gasteiger partial charge on any atom is 0.0944 e. The van der Waals surface area contributed by atoms with E-state index in [1.807, 2.05) is 49.6 Å². The highest BCUT2D eigenvalue weighted by molar-refractivity contribution is 5.90. The molecule has 6 heteroatoms.